The van der Waals surface area contributed by atoms with Crippen molar-refractivity contribution in [1.29, 1.82) is 4.78 Å². The fourth-order valence-electron chi connectivity index (χ4n) is 0.437. The fraction of sp³-hybridized carbons (Fsp3) is 0.889. The fourth-order valence-corrected chi connectivity index (χ4v) is 1.31. The summed E-state index contributed by atoms with van der Waals surface area (Å²) in [5.74, 6) is -0.354. The lowest BCUT2D eigenvalue weighted by atomic mass is 9.96. The van der Waals surface area contributed by atoms with Gasteiger partial charge in [0.15, 0.2) is 0 Å². The number of nitrogens with one attached hydrogen (secondary N) is 2. The molecule has 0 saturated heterocycles. The molecule has 1 amide bonds. The maximum absolute atomic E-state index is 11.8. The third-order valence-electron chi connectivity index (χ3n) is 1.78. The number of carbonyl (C=O) groups is 1. The Kier molecular flexibility index (Phi) is 3.38. The summed E-state index contributed by atoms with van der Waals surface area (Å²) >= 11 is 0. The van der Waals surface area contributed by atoms with E-state index in [2.05, 4.69) is 4.72 Å². The predicted molar refractivity (Wildman–Crippen MR) is 58.2 cm³/mol. The molecule has 0 radical (unpaired) electrons. The molecule has 0 aliphatic rings. The van der Waals surface area contributed by atoms with Gasteiger partial charge < -0.3 is 0 Å². The van der Waals surface area contributed by atoms with E-state index >= 15 is 0 Å². The minimum atomic E-state index is -3.08. The molecule has 0 bridgehead atoms. The van der Waals surface area contributed by atoms with Crippen LogP contribution in [0, 0.1) is 10.2 Å². The van der Waals surface area contributed by atoms with E-state index in [0.29, 0.717) is 0 Å². The van der Waals surface area contributed by atoms with Crippen LogP contribution in [0.4, 0.5) is 0 Å². The molecule has 0 aromatic carbocycles. The third kappa shape index (κ3) is 3.29. The molecule has 0 aromatic heterocycles. The molecule has 0 fully saturated rings. The maximum Gasteiger partial charge on any atom is 0.237 e. The SMILES string of the molecule is CC(C)(C)C(=O)NS(=N)(=O)C(C)(C)C. The Morgan fingerprint density at radius 1 is 1.14 bits per heavy atom. The summed E-state index contributed by atoms with van der Waals surface area (Å²) < 4.78 is 20.9. The molecule has 14 heavy (non-hydrogen) atoms. The van der Waals surface area contributed by atoms with Gasteiger partial charge >= 0.3 is 0 Å². The first-order valence-corrected chi connectivity index (χ1v) is 6.04. The molecule has 0 saturated carbocycles. The second kappa shape index (κ2) is 3.53. The Bertz CT molecular complexity index is 318. The first-order chi connectivity index (χ1) is 5.88. The Balaban J connectivity index is 4.82. The zero-order chi connectivity index (χ0) is 11.8. The highest BCUT2D eigenvalue weighted by molar-refractivity contribution is 7.92. The van der Waals surface area contributed by atoms with E-state index in [1.54, 1.807) is 41.5 Å². The zero-order valence-electron chi connectivity index (χ0n) is 9.72. The molecule has 0 aromatic rings. The van der Waals surface area contributed by atoms with E-state index in [1.807, 2.05) is 0 Å². The molecule has 0 aliphatic heterocycles. The maximum atomic E-state index is 11.8. The molecule has 4 nitrogen and oxygen atoms in total. The van der Waals surface area contributed by atoms with Gasteiger partial charge in [-0.15, -0.1) is 0 Å². The number of rotatable bonds is 1. The molecule has 5 heteroatoms. The van der Waals surface area contributed by atoms with Crippen LogP contribution in [0.3, 0.4) is 0 Å². The highest BCUT2D eigenvalue weighted by atomic mass is 32.2. The Hall–Kier alpha value is -0.580. The summed E-state index contributed by atoms with van der Waals surface area (Å²) in [6.07, 6.45) is 0. The van der Waals surface area contributed by atoms with Crippen LogP contribution in [0.1, 0.15) is 41.5 Å². The van der Waals surface area contributed by atoms with Crippen LogP contribution < -0.4 is 4.72 Å². The van der Waals surface area contributed by atoms with Gasteiger partial charge in [0.1, 0.15) is 9.92 Å². The van der Waals surface area contributed by atoms with Gasteiger partial charge in [0, 0.05) is 5.41 Å². The van der Waals surface area contributed by atoms with Crippen LogP contribution in [-0.2, 0) is 14.7 Å². The summed E-state index contributed by atoms with van der Waals surface area (Å²) in [7, 11) is -3.08. The molecule has 0 rings (SSSR count). The minimum Gasteiger partial charge on any atom is -0.273 e. The van der Waals surface area contributed by atoms with Gasteiger partial charge in [0.25, 0.3) is 0 Å². The first kappa shape index (κ1) is 13.4. The smallest absolute Gasteiger partial charge is 0.237 e. The van der Waals surface area contributed by atoms with Crippen molar-refractivity contribution in [3.63, 3.8) is 0 Å². The monoisotopic (exact) mass is 220 g/mol. The summed E-state index contributed by atoms with van der Waals surface area (Å²) in [4.78, 5) is 11.5. The topological polar surface area (TPSA) is 70.0 Å². The van der Waals surface area contributed by atoms with E-state index in [-0.39, 0.29) is 5.91 Å². The molecule has 0 heterocycles. The molecule has 1 atom stereocenters. The minimum absolute atomic E-state index is 0.354. The van der Waals surface area contributed by atoms with Crippen molar-refractivity contribution >= 4 is 15.8 Å². The van der Waals surface area contributed by atoms with Crippen molar-refractivity contribution in [2.24, 2.45) is 5.41 Å². The molecule has 2 N–H and O–H groups in total. The quantitative estimate of drug-likeness (QED) is 0.708. The van der Waals surface area contributed by atoms with Crippen LogP contribution in [-0.4, -0.2) is 14.9 Å². The zero-order valence-corrected chi connectivity index (χ0v) is 10.5. The molecule has 0 aliphatic carbocycles. The average Bonchev–Trinajstić information content (AvgIpc) is 1.80. The van der Waals surface area contributed by atoms with Crippen LogP contribution in [0.5, 0.6) is 0 Å². The molecule has 1 unspecified atom stereocenters. The van der Waals surface area contributed by atoms with Crippen LogP contribution in [0.2, 0.25) is 0 Å². The standard InChI is InChI=1S/C9H20N2O2S/c1-8(2,3)7(12)11-14(10,13)9(4,5)6/h1-6H3,(H2,10,11,12,13). The largest absolute Gasteiger partial charge is 0.273 e. The highest BCUT2D eigenvalue weighted by Gasteiger charge is 2.31. The van der Waals surface area contributed by atoms with Crippen molar-refractivity contribution in [3.05, 3.63) is 0 Å². The van der Waals surface area contributed by atoms with Gasteiger partial charge in [-0.1, -0.05) is 20.8 Å². The van der Waals surface area contributed by atoms with Gasteiger partial charge in [-0.2, -0.15) is 0 Å². The van der Waals surface area contributed by atoms with Crippen molar-refractivity contribution in [2.45, 2.75) is 46.3 Å². The van der Waals surface area contributed by atoms with E-state index in [9.17, 15) is 9.00 Å². The Morgan fingerprint density at radius 2 is 1.50 bits per heavy atom. The van der Waals surface area contributed by atoms with Crippen molar-refractivity contribution in [2.75, 3.05) is 0 Å². The van der Waals surface area contributed by atoms with Crippen LogP contribution in [0.15, 0.2) is 0 Å². The predicted octanol–water partition coefficient (Wildman–Crippen LogP) is 1.91. The highest BCUT2D eigenvalue weighted by Crippen LogP contribution is 2.18. The number of amides is 1. The van der Waals surface area contributed by atoms with Gasteiger partial charge in [0.2, 0.25) is 5.91 Å². The normalized spacial score (nSPS) is 17.3. The van der Waals surface area contributed by atoms with E-state index in [0.717, 1.165) is 0 Å². The number of hydrogen-bond acceptors (Lipinski definition) is 3. The van der Waals surface area contributed by atoms with Gasteiger partial charge in [-0.25, -0.2) is 8.99 Å². The Labute approximate surface area is 86.6 Å². The lowest BCUT2D eigenvalue weighted by Crippen LogP contribution is -2.45. The number of carbonyl (C=O) groups excluding carboxylic acids is 1. The lowest BCUT2D eigenvalue weighted by Gasteiger charge is -2.26. The first-order valence-electron chi connectivity index (χ1n) is 4.48. The molecule has 84 valence electrons. The molecule has 0 spiro atoms. The number of hydrogen-bond donors (Lipinski definition) is 2. The van der Waals surface area contributed by atoms with Crippen LogP contribution in [0.25, 0.3) is 0 Å². The van der Waals surface area contributed by atoms with Crippen molar-refractivity contribution in [1.82, 2.24) is 4.72 Å². The van der Waals surface area contributed by atoms with Crippen molar-refractivity contribution < 1.29 is 9.00 Å². The summed E-state index contributed by atoms with van der Waals surface area (Å²) in [5, 5.41) is 0. The van der Waals surface area contributed by atoms with Crippen molar-refractivity contribution in [3.8, 4) is 0 Å². The van der Waals surface area contributed by atoms with E-state index in [4.69, 9.17) is 4.78 Å². The second-order valence-electron chi connectivity index (χ2n) is 5.35. The van der Waals surface area contributed by atoms with Gasteiger partial charge in [-0.3, -0.25) is 9.52 Å². The van der Waals surface area contributed by atoms with E-state index in [1.165, 1.54) is 0 Å². The van der Waals surface area contributed by atoms with E-state index < -0.39 is 20.1 Å². The second-order valence-corrected chi connectivity index (χ2v) is 7.89. The molecular weight excluding hydrogens is 200 g/mol. The third-order valence-corrected chi connectivity index (χ3v) is 3.98. The summed E-state index contributed by atoms with van der Waals surface area (Å²) in [5.41, 5.74) is -0.616. The van der Waals surface area contributed by atoms with Gasteiger partial charge in [0.05, 0.1) is 4.75 Å². The summed E-state index contributed by atoms with van der Waals surface area (Å²) in [6, 6.07) is 0. The lowest BCUT2D eigenvalue weighted by molar-refractivity contribution is -0.126. The van der Waals surface area contributed by atoms with Gasteiger partial charge in [-0.05, 0) is 20.8 Å². The molecular formula is C9H20N2O2S. The summed E-state index contributed by atoms with van der Waals surface area (Å²) in [6.45, 7) is 10.2. The Morgan fingerprint density at radius 3 is 1.71 bits per heavy atom. The average molecular weight is 220 g/mol. The van der Waals surface area contributed by atoms with Crippen LogP contribution >= 0.6 is 0 Å².